The normalized spacial score (nSPS) is 17.1. The molecule has 7 nitrogen and oxygen atoms in total. The van der Waals surface area contributed by atoms with Gasteiger partial charge in [0.1, 0.15) is 16.5 Å². The van der Waals surface area contributed by atoms with Crippen LogP contribution >= 0.6 is 34.5 Å². The molecule has 2 unspecified atom stereocenters. The van der Waals surface area contributed by atoms with Crippen molar-refractivity contribution in [2.24, 2.45) is 0 Å². The minimum absolute atomic E-state index is 0.0678. The lowest BCUT2D eigenvalue weighted by Crippen LogP contribution is -2.41. The smallest absolute Gasteiger partial charge is 0.197 e. The summed E-state index contributed by atoms with van der Waals surface area (Å²) < 4.78 is 7.33. The molecule has 0 bridgehead atoms. The Bertz CT molecular complexity index is 4890. The molecule has 10 heteroatoms. The molecule has 4 heterocycles. The maximum Gasteiger partial charge on any atom is 0.197 e. The molecule has 0 saturated heterocycles. The summed E-state index contributed by atoms with van der Waals surface area (Å²) in [6, 6.07) is 72.2. The van der Waals surface area contributed by atoms with E-state index in [0.29, 0.717) is 17.5 Å². The van der Waals surface area contributed by atoms with Crippen molar-refractivity contribution in [3.63, 3.8) is 0 Å². The van der Waals surface area contributed by atoms with Crippen molar-refractivity contribution in [3.05, 3.63) is 316 Å². The Kier molecular flexibility index (Phi) is 10.9. The molecule has 410 valence electrons. The second kappa shape index (κ2) is 18.4. The highest BCUT2D eigenvalue weighted by Gasteiger charge is 2.54. The van der Waals surface area contributed by atoms with Crippen LogP contribution in [-0.2, 0) is 17.3 Å². The number of hydrogen-bond donors (Lipinski definition) is 0. The summed E-state index contributed by atoms with van der Waals surface area (Å²) in [6.07, 6.45) is 4.06. The Hall–Kier alpha value is -9.70. The minimum atomic E-state index is -0.928. The second-order valence-corrected chi connectivity index (χ2v) is 25.0. The van der Waals surface area contributed by atoms with Crippen LogP contribution in [0.5, 0.6) is 11.5 Å². The number of anilines is 4. The van der Waals surface area contributed by atoms with Gasteiger partial charge in [-0.2, -0.15) is 0 Å². The van der Waals surface area contributed by atoms with Gasteiger partial charge in [0.25, 0.3) is 0 Å². The number of halogens is 2. The fourth-order valence-corrected chi connectivity index (χ4v) is 16.8. The van der Waals surface area contributed by atoms with E-state index in [1.54, 1.807) is 23.5 Å². The Morgan fingerprint density at radius 1 is 0.465 bits per heavy atom. The lowest BCUT2D eigenvalue weighted by molar-refractivity contribution is 0.0975. The van der Waals surface area contributed by atoms with Crippen LogP contribution in [0.4, 0.5) is 22.1 Å². The molecule has 0 N–H and O–H groups in total. The molecule has 0 fully saturated rings. The summed E-state index contributed by atoms with van der Waals surface area (Å²) in [5, 5.41) is 3.25. The van der Waals surface area contributed by atoms with Crippen LogP contribution in [-0.4, -0.2) is 36.2 Å². The first-order valence-electron chi connectivity index (χ1n) is 28.7. The zero-order valence-electron chi connectivity index (χ0n) is 46.2. The van der Waals surface area contributed by atoms with Gasteiger partial charge in [-0.25, -0.2) is 0 Å². The van der Waals surface area contributed by atoms with Gasteiger partial charge in [0.05, 0.1) is 32.0 Å². The summed E-state index contributed by atoms with van der Waals surface area (Å²) in [5.74, 6) is 0.156. The van der Waals surface area contributed by atoms with Gasteiger partial charge in [0.2, 0.25) is 0 Å². The number of ether oxygens (including phenoxy) is 1. The Labute approximate surface area is 509 Å². The number of allylic oxidation sites excluding steroid dienone is 2. The van der Waals surface area contributed by atoms with Gasteiger partial charge < -0.3 is 14.5 Å². The molecule has 0 radical (unpaired) electrons. The molecule has 3 aliphatic carbocycles. The van der Waals surface area contributed by atoms with Crippen LogP contribution in [0.3, 0.4) is 0 Å². The highest BCUT2D eigenvalue weighted by molar-refractivity contribution is 7.17. The second-order valence-electron chi connectivity index (χ2n) is 23.1. The van der Waals surface area contributed by atoms with Crippen LogP contribution in [0.2, 0.25) is 10.0 Å². The van der Waals surface area contributed by atoms with Gasteiger partial charge >= 0.3 is 0 Å². The number of carbonyl (C=O) groups is 4. The monoisotopic (exact) mass is 1170 g/mol. The molecule has 17 rings (SSSR count). The minimum Gasteiger partial charge on any atom is -0.456 e. The molecule has 3 aliphatic heterocycles. The van der Waals surface area contributed by atoms with E-state index in [-0.39, 0.29) is 61.5 Å². The standard InChI is InChI=1S/C76H46Cl2N2O5S/c1-41(80-67-28-13-10-24-58(67)75(55-21-7-5-19-47(55)48-20-6-8-22-56(48)75)62-38-46(86-74(62)80)37-54-71(83)51-39-63(77)64(78)40-52(51)72(54)84)32-45-18-15-26-60-73(45)85-68-29-14-11-25-59(68)76(60)57-23-9-12-27-65(57)79(2)66-31-30-42(34-61(66)76)33-53-69(81)49-35-43-16-3-4-17-44(43)36-50(49)70(53)82/h3-31,33-41H,32H2,1-2H3. The summed E-state index contributed by atoms with van der Waals surface area (Å²) in [6.45, 7) is 2.26. The number of ketones is 4. The molecular formula is C76H46Cl2N2O5S. The number of thiophene rings is 1. The fraction of sp³-hybridized carbons (Fsp3) is 0.0789. The van der Waals surface area contributed by atoms with Crippen LogP contribution < -0.4 is 14.5 Å². The average Bonchev–Trinajstić information content (AvgIpc) is 1.20. The highest BCUT2D eigenvalue weighted by Crippen LogP contribution is 2.66. The summed E-state index contributed by atoms with van der Waals surface area (Å²) in [4.78, 5) is 62.6. The molecular weight excluding hydrogens is 1120 g/mol. The van der Waals surface area contributed by atoms with Gasteiger partial charge in [-0.1, -0.05) is 175 Å². The third-order valence-corrected chi connectivity index (χ3v) is 20.6. The van der Waals surface area contributed by atoms with Gasteiger partial charge in [0, 0.05) is 74.0 Å². The first kappa shape index (κ1) is 50.8. The third kappa shape index (κ3) is 6.74. The Morgan fingerprint density at radius 2 is 0.965 bits per heavy atom. The molecule has 86 heavy (non-hydrogen) atoms. The highest BCUT2D eigenvalue weighted by atomic mass is 35.5. The van der Waals surface area contributed by atoms with E-state index < -0.39 is 10.8 Å². The third-order valence-electron chi connectivity index (χ3n) is 18.8. The number of Topliss-reactive ketones (excluding diaryl/α,β-unsaturated/α-hetero) is 4. The van der Waals surface area contributed by atoms with Crippen molar-refractivity contribution < 1.29 is 23.9 Å². The van der Waals surface area contributed by atoms with Crippen molar-refractivity contribution in [1.29, 1.82) is 0 Å². The molecule has 10 aromatic carbocycles. The topological polar surface area (TPSA) is 84.0 Å². The van der Waals surface area contributed by atoms with Gasteiger partial charge in [0.15, 0.2) is 23.1 Å². The summed E-state index contributed by atoms with van der Waals surface area (Å²) >= 11 is 14.5. The SMILES string of the molecule is CC(Cc1cccc2c1Oc1ccccc1C21c2ccccc2N(C)c2ccc(C=C3C(=O)c4cc5ccccc5cc4C3=O)cc21)N1c2ccccc2C2(c3ccccc3-c3ccccc32)c2cc(C=C3C(=O)c4cc(Cl)c(Cl)cc4C3=O)sc21. The number of fused-ring (bicyclic) bond motifs is 20. The number of hydrogen-bond acceptors (Lipinski definition) is 8. The maximum absolute atomic E-state index is 14.3. The predicted octanol–water partition coefficient (Wildman–Crippen LogP) is 18.1. The van der Waals surface area contributed by atoms with E-state index in [1.807, 2.05) is 48.5 Å². The molecule has 0 amide bonds. The molecule has 6 aliphatic rings. The van der Waals surface area contributed by atoms with Crippen LogP contribution in [0.15, 0.2) is 223 Å². The van der Waals surface area contributed by atoms with Crippen molar-refractivity contribution in [2.45, 2.75) is 30.2 Å². The van der Waals surface area contributed by atoms with E-state index in [4.69, 9.17) is 27.9 Å². The summed E-state index contributed by atoms with van der Waals surface area (Å²) in [5.41, 5.74) is 15.5. The molecule has 11 aromatic rings. The quantitative estimate of drug-likeness (QED) is 0.125. The fourth-order valence-electron chi connectivity index (χ4n) is 15.2. The van der Waals surface area contributed by atoms with Crippen molar-refractivity contribution in [3.8, 4) is 22.6 Å². The molecule has 2 spiro atoms. The summed E-state index contributed by atoms with van der Waals surface area (Å²) in [7, 11) is 2.09. The van der Waals surface area contributed by atoms with Crippen LogP contribution in [0, 0.1) is 0 Å². The lowest BCUT2D eigenvalue weighted by Gasteiger charge is -2.48. The van der Waals surface area contributed by atoms with E-state index in [2.05, 4.69) is 175 Å². The molecule has 1 aromatic heterocycles. The van der Waals surface area contributed by atoms with Gasteiger partial charge in [-0.05, 0) is 147 Å². The van der Waals surface area contributed by atoms with Crippen LogP contribution in [0.25, 0.3) is 34.1 Å². The number of benzene rings is 10. The van der Waals surface area contributed by atoms with E-state index in [1.165, 1.54) is 12.1 Å². The predicted molar refractivity (Wildman–Crippen MR) is 344 cm³/mol. The number of carbonyl (C=O) groups excluding carboxylic acids is 4. The molecule has 2 atom stereocenters. The van der Waals surface area contributed by atoms with Gasteiger partial charge in [-0.3, -0.25) is 19.2 Å². The zero-order chi connectivity index (χ0) is 58.1. The Morgan fingerprint density at radius 3 is 1.62 bits per heavy atom. The Balaban J connectivity index is 0.835. The average molecular weight is 1170 g/mol. The molecule has 0 saturated carbocycles. The van der Waals surface area contributed by atoms with E-state index in [9.17, 15) is 19.2 Å². The van der Waals surface area contributed by atoms with Crippen molar-refractivity contribution in [1.82, 2.24) is 0 Å². The van der Waals surface area contributed by atoms with Crippen LogP contribution in [0.1, 0.15) is 109 Å². The van der Waals surface area contributed by atoms with Crippen molar-refractivity contribution in [2.75, 3.05) is 16.8 Å². The van der Waals surface area contributed by atoms with E-state index >= 15 is 0 Å². The lowest BCUT2D eigenvalue weighted by atomic mass is 9.60. The number of rotatable bonds is 5. The largest absolute Gasteiger partial charge is 0.456 e. The van der Waals surface area contributed by atoms with E-state index in [0.717, 1.165) is 116 Å². The van der Waals surface area contributed by atoms with Crippen molar-refractivity contribution >= 4 is 103 Å². The number of para-hydroxylation sites is 4. The van der Waals surface area contributed by atoms with Gasteiger partial charge in [-0.15, -0.1) is 11.3 Å². The maximum atomic E-state index is 14.3. The number of nitrogens with zero attached hydrogens (tertiary/aromatic N) is 2. The first-order valence-corrected chi connectivity index (χ1v) is 30.3. The zero-order valence-corrected chi connectivity index (χ0v) is 48.6. The first-order chi connectivity index (χ1) is 41.9.